The molecule has 1 saturated heterocycles. The van der Waals surface area contributed by atoms with E-state index in [1.807, 2.05) is 30.3 Å². The van der Waals surface area contributed by atoms with Gasteiger partial charge in [-0.25, -0.2) is 9.97 Å². The van der Waals surface area contributed by atoms with Crippen LogP contribution in [0.2, 0.25) is 10.0 Å². The zero-order chi connectivity index (χ0) is 28.9. The fourth-order valence-corrected chi connectivity index (χ4v) is 9.32. The van der Waals surface area contributed by atoms with E-state index in [9.17, 15) is 0 Å². The molecule has 2 aliphatic heterocycles. The summed E-state index contributed by atoms with van der Waals surface area (Å²) in [5, 5.41) is 6.80. The molecule has 0 radical (unpaired) electrons. The molecule has 3 heterocycles. The van der Waals surface area contributed by atoms with Crippen LogP contribution in [0, 0.1) is 11.3 Å². The lowest BCUT2D eigenvalue weighted by Crippen LogP contribution is -2.53. The summed E-state index contributed by atoms with van der Waals surface area (Å²) in [7, 11) is 2.27. The molecule has 5 atom stereocenters. The highest BCUT2D eigenvalue weighted by Gasteiger charge is 2.74. The molecule has 43 heavy (non-hydrogen) atoms. The van der Waals surface area contributed by atoms with Crippen molar-refractivity contribution in [2.24, 2.45) is 16.4 Å². The van der Waals surface area contributed by atoms with Gasteiger partial charge >= 0.3 is 0 Å². The molecule has 4 aromatic carbocycles. The van der Waals surface area contributed by atoms with E-state index in [0.717, 1.165) is 51.9 Å². The van der Waals surface area contributed by atoms with Gasteiger partial charge < -0.3 is 5.43 Å². The second-order valence-corrected chi connectivity index (χ2v) is 13.3. The summed E-state index contributed by atoms with van der Waals surface area (Å²) in [6.45, 7) is 0.862. The van der Waals surface area contributed by atoms with Crippen molar-refractivity contribution in [3.63, 3.8) is 0 Å². The van der Waals surface area contributed by atoms with Crippen molar-refractivity contribution < 1.29 is 0 Å². The second kappa shape index (κ2) is 9.12. The number of likely N-dealkylation sites (tertiary alicyclic amines) is 1. The molecule has 2 fully saturated rings. The molecule has 5 aromatic rings. The van der Waals surface area contributed by atoms with E-state index in [1.165, 1.54) is 28.0 Å². The van der Waals surface area contributed by atoms with Crippen LogP contribution in [0.3, 0.4) is 0 Å². The van der Waals surface area contributed by atoms with Gasteiger partial charge in [0.2, 0.25) is 0 Å². The smallest absolute Gasteiger partial charge is 0.103 e. The van der Waals surface area contributed by atoms with Gasteiger partial charge in [-0.3, -0.25) is 4.90 Å². The molecule has 1 N–H and O–H groups in total. The lowest BCUT2D eigenvalue weighted by Gasteiger charge is -2.47. The van der Waals surface area contributed by atoms with Crippen molar-refractivity contribution in [1.82, 2.24) is 20.3 Å². The van der Waals surface area contributed by atoms with Gasteiger partial charge in [0.05, 0.1) is 34.2 Å². The Morgan fingerprint density at radius 3 is 2.19 bits per heavy atom. The minimum atomic E-state index is -0.537. The van der Waals surface area contributed by atoms with Gasteiger partial charge in [0.1, 0.15) is 5.54 Å². The molecular weight excluding hydrogens is 573 g/mol. The van der Waals surface area contributed by atoms with Crippen LogP contribution in [0.1, 0.15) is 47.2 Å². The minimum Gasteiger partial charge on any atom is -0.302 e. The third kappa shape index (κ3) is 3.25. The highest BCUT2D eigenvalue weighted by Crippen LogP contribution is 2.72. The van der Waals surface area contributed by atoms with Gasteiger partial charge in [0, 0.05) is 39.4 Å². The Kier molecular flexibility index (Phi) is 5.45. The Hall–Kier alpha value is -3.77. The zero-order valence-electron chi connectivity index (χ0n) is 23.6. The summed E-state index contributed by atoms with van der Waals surface area (Å²) in [5.41, 5.74) is 12.8. The van der Waals surface area contributed by atoms with E-state index in [-0.39, 0.29) is 23.3 Å². The van der Waals surface area contributed by atoms with Crippen LogP contribution in [0.4, 0.5) is 0 Å². The Balaban J connectivity index is 1.33. The Morgan fingerprint density at radius 1 is 0.791 bits per heavy atom. The number of likely N-dealkylation sites (N-methyl/N-ethyl adjacent to an activating group) is 1. The first-order valence-electron chi connectivity index (χ1n) is 15.0. The summed E-state index contributed by atoms with van der Waals surface area (Å²) < 4.78 is 0. The highest BCUT2D eigenvalue weighted by molar-refractivity contribution is 6.30. The molecule has 7 heteroatoms. The average molecular weight is 603 g/mol. The largest absolute Gasteiger partial charge is 0.302 e. The number of aromatic nitrogens is 2. The van der Waals surface area contributed by atoms with Crippen LogP contribution in [0.25, 0.3) is 22.3 Å². The standard InChI is InChI=1S/C36H29Cl2N5/c1-43-20-28(21-10-14-23(37)15-11-21)35(19-18-26-31(41-42-33(26)35)22-12-16-24(38)17-13-22)36(43)27-7-3-2-6-25(27)32-34(36)40-30-9-5-4-8-29(30)39-32/h2-17,26,28,31,41H,18-20H2,1H3/t26?,28-,31?,35+,36-/m0/s1. The maximum Gasteiger partial charge on any atom is 0.103 e. The number of halogens is 2. The zero-order valence-corrected chi connectivity index (χ0v) is 25.1. The van der Waals surface area contributed by atoms with Gasteiger partial charge in [0.25, 0.3) is 0 Å². The number of benzene rings is 4. The van der Waals surface area contributed by atoms with E-state index in [0.29, 0.717) is 0 Å². The van der Waals surface area contributed by atoms with Crippen LogP contribution in [0.15, 0.2) is 102 Å². The summed E-state index contributed by atoms with van der Waals surface area (Å²) >= 11 is 12.7. The second-order valence-electron chi connectivity index (χ2n) is 12.4. The first-order chi connectivity index (χ1) is 21.0. The van der Waals surface area contributed by atoms with Gasteiger partial charge in [-0.15, -0.1) is 0 Å². The summed E-state index contributed by atoms with van der Waals surface area (Å²) in [6.07, 6.45) is 2.01. The monoisotopic (exact) mass is 601 g/mol. The van der Waals surface area contributed by atoms with Crippen molar-refractivity contribution in [3.8, 4) is 11.3 Å². The number of hydrazone groups is 1. The SMILES string of the molecule is CN1C[C@@H](c2ccc(Cl)cc2)[C@@]2(CCC3C2=NNC3c2ccc(Cl)cc2)[C@@]12c1ccccc1-c1nc3ccccc3nc12. The molecule has 2 spiro atoms. The fraction of sp³-hybridized carbons (Fsp3) is 0.250. The van der Waals surface area contributed by atoms with Crippen LogP contribution in [0.5, 0.6) is 0 Å². The van der Waals surface area contributed by atoms with Crippen LogP contribution < -0.4 is 5.43 Å². The topological polar surface area (TPSA) is 53.4 Å². The molecule has 1 saturated carbocycles. The maximum absolute atomic E-state index is 6.42. The molecule has 2 aliphatic carbocycles. The number of nitrogens with zero attached hydrogens (tertiary/aromatic N) is 4. The predicted molar refractivity (Wildman–Crippen MR) is 172 cm³/mol. The lowest BCUT2D eigenvalue weighted by atomic mass is 9.58. The summed E-state index contributed by atoms with van der Waals surface area (Å²) in [6, 6.07) is 33.9. The number of para-hydroxylation sites is 2. The van der Waals surface area contributed by atoms with Crippen molar-refractivity contribution in [2.45, 2.75) is 30.3 Å². The molecule has 0 amide bonds. The number of nitrogens with one attached hydrogen (secondary N) is 1. The third-order valence-corrected chi connectivity index (χ3v) is 11.1. The third-order valence-electron chi connectivity index (χ3n) is 10.6. The van der Waals surface area contributed by atoms with E-state index >= 15 is 0 Å². The average Bonchev–Trinajstić information content (AvgIpc) is 3.76. The first-order valence-corrected chi connectivity index (χ1v) is 15.7. The molecule has 4 aliphatic rings. The minimum absolute atomic E-state index is 0.0965. The van der Waals surface area contributed by atoms with Crippen molar-refractivity contribution in [2.75, 3.05) is 13.6 Å². The number of hydrogen-bond acceptors (Lipinski definition) is 5. The summed E-state index contributed by atoms with van der Waals surface area (Å²) in [4.78, 5) is 13.4. The first kappa shape index (κ1) is 25.7. The van der Waals surface area contributed by atoms with Gasteiger partial charge in [0.15, 0.2) is 0 Å². The Morgan fingerprint density at radius 2 is 1.44 bits per heavy atom. The van der Waals surface area contributed by atoms with E-state index < -0.39 is 5.54 Å². The van der Waals surface area contributed by atoms with Crippen LogP contribution in [-0.2, 0) is 5.54 Å². The molecule has 0 bridgehead atoms. The molecule has 1 aromatic heterocycles. The van der Waals surface area contributed by atoms with Crippen molar-refractivity contribution in [1.29, 1.82) is 0 Å². The van der Waals surface area contributed by atoms with Gasteiger partial charge in [-0.1, -0.05) is 83.9 Å². The van der Waals surface area contributed by atoms with E-state index in [1.54, 1.807) is 0 Å². The van der Waals surface area contributed by atoms with Crippen LogP contribution in [-0.4, -0.2) is 34.2 Å². The molecule has 2 unspecified atom stereocenters. The van der Waals surface area contributed by atoms with E-state index in [4.69, 9.17) is 38.3 Å². The molecule has 9 rings (SSSR count). The Bertz CT molecular complexity index is 1960. The molecular formula is C36H29Cl2N5. The van der Waals surface area contributed by atoms with Crippen molar-refractivity contribution >= 4 is 39.9 Å². The molecule has 212 valence electrons. The van der Waals surface area contributed by atoms with Crippen LogP contribution >= 0.6 is 23.2 Å². The van der Waals surface area contributed by atoms with E-state index in [2.05, 4.69) is 84.1 Å². The number of hydrogen-bond donors (Lipinski definition) is 1. The highest BCUT2D eigenvalue weighted by atomic mass is 35.5. The maximum atomic E-state index is 6.42. The quantitative estimate of drug-likeness (QED) is 0.223. The Labute approximate surface area is 260 Å². The van der Waals surface area contributed by atoms with Crippen molar-refractivity contribution in [3.05, 3.63) is 129 Å². The number of rotatable bonds is 2. The fourth-order valence-electron chi connectivity index (χ4n) is 9.07. The normalized spacial score (nSPS) is 28.7. The molecule has 5 nitrogen and oxygen atoms in total. The predicted octanol–water partition coefficient (Wildman–Crippen LogP) is 7.99. The van der Waals surface area contributed by atoms with Gasteiger partial charge in [-0.2, -0.15) is 5.10 Å². The van der Waals surface area contributed by atoms with Gasteiger partial charge in [-0.05, 0) is 73.0 Å². The number of fused-ring (bicyclic) bond motifs is 9. The lowest BCUT2D eigenvalue weighted by molar-refractivity contribution is 0.136. The summed E-state index contributed by atoms with van der Waals surface area (Å²) in [5.74, 6) is 0.431.